The first-order valence-electron chi connectivity index (χ1n) is 7.33. The lowest BCUT2D eigenvalue weighted by molar-refractivity contribution is 0.397. The number of fused-ring (bicyclic) bond motifs is 1. The minimum atomic E-state index is -0.227. The largest absolute Gasteiger partial charge is 0.324 e. The lowest BCUT2D eigenvalue weighted by atomic mass is 10.2. The number of hydrogen-bond donors (Lipinski definition) is 1. The predicted molar refractivity (Wildman–Crippen MR) is 95.0 cm³/mol. The van der Waals surface area contributed by atoms with Crippen LogP contribution < -0.4 is 4.72 Å². The molecule has 0 saturated heterocycles. The van der Waals surface area contributed by atoms with Crippen LogP contribution in [0.15, 0.2) is 59.5 Å². The molecule has 3 aromatic rings. The normalized spacial score (nSPS) is 11.1. The zero-order chi connectivity index (χ0) is 16.2. The van der Waals surface area contributed by atoms with Crippen LogP contribution in [-0.4, -0.2) is 24.0 Å². The summed E-state index contributed by atoms with van der Waals surface area (Å²) >= 11 is 1.45. The number of rotatable bonds is 5. The molecule has 1 aromatic heterocycles. The minimum absolute atomic E-state index is 0.227. The predicted octanol–water partition coefficient (Wildman–Crippen LogP) is 4.55. The van der Waals surface area contributed by atoms with Crippen LogP contribution in [0.4, 0.5) is 10.1 Å². The fourth-order valence-electron chi connectivity index (χ4n) is 2.30. The standard InChI is InChI=1S/C18H18FN3S/c1-22(2)12-15-9-6-13-4-3-5-17(18(13)20-15)21-23-16-10-7-14(19)8-11-16/h3-11,21H,12H2,1-2H3. The van der Waals surface area contributed by atoms with Crippen molar-refractivity contribution < 1.29 is 4.39 Å². The Bertz CT molecular complexity index is 803. The van der Waals surface area contributed by atoms with Gasteiger partial charge in [-0.3, -0.25) is 0 Å². The van der Waals surface area contributed by atoms with Gasteiger partial charge in [0.2, 0.25) is 0 Å². The van der Waals surface area contributed by atoms with Crippen LogP contribution in [0.2, 0.25) is 0 Å². The Balaban J connectivity index is 1.85. The number of aromatic nitrogens is 1. The van der Waals surface area contributed by atoms with Crippen molar-refractivity contribution in [3.8, 4) is 0 Å². The number of nitrogens with one attached hydrogen (secondary N) is 1. The molecule has 5 heteroatoms. The average Bonchev–Trinajstić information content (AvgIpc) is 2.54. The lowest BCUT2D eigenvalue weighted by Crippen LogP contribution is -2.11. The van der Waals surface area contributed by atoms with Crippen LogP contribution in [0.25, 0.3) is 10.9 Å². The van der Waals surface area contributed by atoms with Gasteiger partial charge in [0.05, 0.1) is 16.9 Å². The highest BCUT2D eigenvalue weighted by atomic mass is 32.2. The van der Waals surface area contributed by atoms with Crippen molar-refractivity contribution in [2.45, 2.75) is 11.4 Å². The second-order valence-corrected chi connectivity index (χ2v) is 6.46. The summed E-state index contributed by atoms with van der Waals surface area (Å²) in [4.78, 5) is 7.81. The molecule has 0 saturated carbocycles. The van der Waals surface area contributed by atoms with Crippen LogP contribution in [0.1, 0.15) is 5.69 Å². The third-order valence-corrected chi connectivity index (χ3v) is 4.18. The Kier molecular flexibility index (Phi) is 4.79. The minimum Gasteiger partial charge on any atom is -0.324 e. The Morgan fingerprint density at radius 1 is 1.04 bits per heavy atom. The third-order valence-electron chi connectivity index (χ3n) is 3.35. The average molecular weight is 327 g/mol. The highest BCUT2D eigenvalue weighted by Crippen LogP contribution is 2.27. The van der Waals surface area contributed by atoms with Gasteiger partial charge in [-0.1, -0.05) is 18.2 Å². The van der Waals surface area contributed by atoms with E-state index in [4.69, 9.17) is 4.98 Å². The van der Waals surface area contributed by atoms with Gasteiger partial charge < -0.3 is 9.62 Å². The van der Waals surface area contributed by atoms with E-state index in [0.717, 1.165) is 33.7 Å². The van der Waals surface area contributed by atoms with E-state index in [0.29, 0.717) is 0 Å². The molecule has 23 heavy (non-hydrogen) atoms. The van der Waals surface area contributed by atoms with Gasteiger partial charge in [-0.05, 0) is 62.4 Å². The summed E-state index contributed by atoms with van der Waals surface area (Å²) in [5.74, 6) is -0.227. The van der Waals surface area contributed by atoms with E-state index in [1.54, 1.807) is 12.1 Å². The molecule has 0 bridgehead atoms. The molecule has 3 rings (SSSR count). The molecular weight excluding hydrogens is 309 g/mol. The molecule has 0 spiro atoms. The lowest BCUT2D eigenvalue weighted by Gasteiger charge is -2.12. The quantitative estimate of drug-likeness (QED) is 0.696. The maximum absolute atomic E-state index is 13.0. The number of halogens is 1. The molecule has 0 amide bonds. The van der Waals surface area contributed by atoms with E-state index in [1.807, 2.05) is 26.2 Å². The second kappa shape index (κ2) is 6.98. The van der Waals surface area contributed by atoms with Crippen LogP contribution in [0.3, 0.4) is 0 Å². The van der Waals surface area contributed by atoms with Crippen molar-refractivity contribution >= 4 is 28.5 Å². The molecular formula is C18H18FN3S. The van der Waals surface area contributed by atoms with E-state index in [2.05, 4.69) is 27.8 Å². The van der Waals surface area contributed by atoms with Crippen molar-refractivity contribution in [3.05, 3.63) is 66.1 Å². The molecule has 0 fully saturated rings. The number of benzene rings is 2. The van der Waals surface area contributed by atoms with E-state index < -0.39 is 0 Å². The van der Waals surface area contributed by atoms with Crippen molar-refractivity contribution in [1.82, 2.24) is 9.88 Å². The molecule has 0 unspecified atom stereocenters. The van der Waals surface area contributed by atoms with Gasteiger partial charge in [-0.25, -0.2) is 9.37 Å². The number of para-hydroxylation sites is 1. The smallest absolute Gasteiger partial charge is 0.123 e. The monoisotopic (exact) mass is 327 g/mol. The molecule has 0 aliphatic carbocycles. The second-order valence-electron chi connectivity index (χ2n) is 5.58. The van der Waals surface area contributed by atoms with Gasteiger partial charge in [-0.2, -0.15) is 0 Å². The summed E-state index contributed by atoms with van der Waals surface area (Å²) in [7, 11) is 4.06. The fourth-order valence-corrected chi connectivity index (χ4v) is 2.96. The van der Waals surface area contributed by atoms with Crippen molar-refractivity contribution in [3.63, 3.8) is 0 Å². The maximum atomic E-state index is 13.0. The number of anilines is 1. The third kappa shape index (κ3) is 4.00. The van der Waals surface area contributed by atoms with Gasteiger partial charge in [0.15, 0.2) is 0 Å². The molecule has 2 aromatic carbocycles. The highest BCUT2D eigenvalue weighted by Gasteiger charge is 2.05. The highest BCUT2D eigenvalue weighted by molar-refractivity contribution is 8.00. The van der Waals surface area contributed by atoms with E-state index >= 15 is 0 Å². The van der Waals surface area contributed by atoms with Gasteiger partial charge in [0, 0.05) is 16.8 Å². The summed E-state index contributed by atoms with van der Waals surface area (Å²) < 4.78 is 16.3. The van der Waals surface area contributed by atoms with Gasteiger partial charge >= 0.3 is 0 Å². The van der Waals surface area contributed by atoms with E-state index in [9.17, 15) is 4.39 Å². The number of pyridine rings is 1. The Morgan fingerprint density at radius 3 is 2.57 bits per heavy atom. The fraction of sp³-hybridized carbons (Fsp3) is 0.167. The Hall–Kier alpha value is -2.11. The first-order chi connectivity index (χ1) is 11.1. The van der Waals surface area contributed by atoms with Crippen molar-refractivity contribution in [2.75, 3.05) is 18.8 Å². The molecule has 1 N–H and O–H groups in total. The Morgan fingerprint density at radius 2 is 1.83 bits per heavy atom. The van der Waals surface area contributed by atoms with Gasteiger partial charge in [0.25, 0.3) is 0 Å². The molecule has 118 valence electrons. The molecule has 3 nitrogen and oxygen atoms in total. The molecule has 1 heterocycles. The summed E-state index contributed by atoms with van der Waals surface area (Å²) in [5, 5.41) is 1.09. The number of nitrogens with zero attached hydrogens (tertiary/aromatic N) is 2. The van der Waals surface area contributed by atoms with Gasteiger partial charge in [0.1, 0.15) is 5.82 Å². The summed E-state index contributed by atoms with van der Waals surface area (Å²) in [6.07, 6.45) is 0. The van der Waals surface area contributed by atoms with E-state index in [1.165, 1.54) is 24.1 Å². The summed E-state index contributed by atoms with van der Waals surface area (Å²) in [5.41, 5.74) is 2.93. The van der Waals surface area contributed by atoms with Crippen molar-refractivity contribution in [1.29, 1.82) is 0 Å². The molecule has 0 atom stereocenters. The molecule has 0 aliphatic rings. The molecule has 0 aliphatic heterocycles. The van der Waals surface area contributed by atoms with Crippen LogP contribution in [0, 0.1) is 5.82 Å². The van der Waals surface area contributed by atoms with Crippen LogP contribution in [-0.2, 0) is 6.54 Å². The number of hydrogen-bond acceptors (Lipinski definition) is 4. The summed E-state index contributed by atoms with van der Waals surface area (Å²) in [6, 6.07) is 16.6. The first kappa shape index (κ1) is 15.8. The maximum Gasteiger partial charge on any atom is 0.123 e. The first-order valence-corrected chi connectivity index (χ1v) is 8.15. The van der Waals surface area contributed by atoms with Crippen molar-refractivity contribution in [2.24, 2.45) is 0 Å². The van der Waals surface area contributed by atoms with Crippen LogP contribution >= 0.6 is 11.9 Å². The topological polar surface area (TPSA) is 28.2 Å². The zero-order valence-electron chi connectivity index (χ0n) is 13.1. The van der Waals surface area contributed by atoms with E-state index in [-0.39, 0.29) is 5.82 Å². The zero-order valence-corrected chi connectivity index (χ0v) is 13.9. The summed E-state index contributed by atoms with van der Waals surface area (Å²) in [6.45, 7) is 0.801. The molecule has 0 radical (unpaired) electrons. The SMILES string of the molecule is CN(C)Cc1ccc2cccc(NSc3ccc(F)cc3)c2n1. The van der Waals surface area contributed by atoms with Crippen LogP contribution in [0.5, 0.6) is 0 Å². The van der Waals surface area contributed by atoms with Gasteiger partial charge in [-0.15, -0.1) is 0 Å². The Labute approximate surface area is 139 Å².